The maximum atomic E-state index is 12.8. The Morgan fingerprint density at radius 2 is 1.30 bits per heavy atom. The number of amides is 1. The minimum atomic E-state index is -4.94. The second kappa shape index (κ2) is 5.14. The lowest BCUT2D eigenvalue weighted by Crippen LogP contribution is -2.18. The zero-order valence-corrected chi connectivity index (χ0v) is 11.8. The van der Waals surface area contributed by atoms with Gasteiger partial charge in [-0.25, -0.2) is 0 Å². The molecule has 2 atom stereocenters. The van der Waals surface area contributed by atoms with E-state index < -0.39 is 35.0 Å². The van der Waals surface area contributed by atoms with Crippen molar-refractivity contribution in [3.63, 3.8) is 0 Å². The lowest BCUT2D eigenvalue weighted by atomic mass is 10.0. The number of likely N-dealkylation sites (tertiary alicyclic amines) is 1. The van der Waals surface area contributed by atoms with Crippen molar-refractivity contribution >= 4 is 5.91 Å². The molecule has 8 heteroatoms. The molecule has 1 aliphatic heterocycles. The van der Waals surface area contributed by atoms with Gasteiger partial charge in [0.2, 0.25) is 0 Å². The number of benzene rings is 1. The summed E-state index contributed by atoms with van der Waals surface area (Å²) in [4.78, 5) is 13.7. The van der Waals surface area contributed by atoms with Gasteiger partial charge in [-0.05, 0) is 31.0 Å². The predicted molar refractivity (Wildman–Crippen MR) is 68.7 cm³/mol. The number of fused-ring (bicyclic) bond motifs is 1. The van der Waals surface area contributed by atoms with Gasteiger partial charge in [0.15, 0.2) is 0 Å². The highest BCUT2D eigenvalue weighted by atomic mass is 19.4. The van der Waals surface area contributed by atoms with Gasteiger partial charge < -0.3 is 4.90 Å². The third kappa shape index (κ3) is 3.03. The van der Waals surface area contributed by atoms with Gasteiger partial charge in [-0.1, -0.05) is 12.8 Å². The van der Waals surface area contributed by atoms with E-state index in [0.717, 1.165) is 25.7 Å². The summed E-state index contributed by atoms with van der Waals surface area (Å²) in [6.07, 6.45) is -6.55. The number of hydrogen-bond acceptors (Lipinski definition) is 1. The normalized spacial score (nSPS) is 24.3. The molecular formula is C15H13F6NO. The molecular weight excluding hydrogens is 324 g/mol. The lowest BCUT2D eigenvalue weighted by molar-refractivity contribution is -0.143. The molecule has 0 aromatic heterocycles. The van der Waals surface area contributed by atoms with Crippen LogP contribution in [0.5, 0.6) is 0 Å². The first kappa shape index (κ1) is 16.1. The predicted octanol–water partition coefficient (Wildman–Crippen LogP) is 4.49. The van der Waals surface area contributed by atoms with E-state index in [-0.39, 0.29) is 18.2 Å². The Balaban J connectivity index is 1.96. The fraction of sp³-hybridized carbons (Fsp3) is 0.533. The van der Waals surface area contributed by atoms with Crippen LogP contribution >= 0.6 is 0 Å². The summed E-state index contributed by atoms with van der Waals surface area (Å²) >= 11 is 0. The topological polar surface area (TPSA) is 20.1 Å². The van der Waals surface area contributed by atoms with Gasteiger partial charge in [-0.2, -0.15) is 26.3 Å². The van der Waals surface area contributed by atoms with E-state index in [2.05, 4.69) is 0 Å². The van der Waals surface area contributed by atoms with Gasteiger partial charge in [0.25, 0.3) is 5.91 Å². The molecule has 1 aromatic rings. The van der Waals surface area contributed by atoms with Crippen molar-refractivity contribution in [3.05, 3.63) is 34.9 Å². The summed E-state index contributed by atoms with van der Waals surface area (Å²) in [6.45, 7) is 0. The zero-order valence-electron chi connectivity index (χ0n) is 11.8. The minimum absolute atomic E-state index is 0.0338. The standard InChI is InChI=1S/C15H13F6NO/c16-14(17,18)9-5-8(6-10(7-9)15(19,20)21)13(23)22-11-3-1-2-4-12(11)22/h5-7,11-12H,1-4H2/t11-,12+,22?. The van der Waals surface area contributed by atoms with Gasteiger partial charge in [0, 0.05) is 5.56 Å². The molecule has 0 unspecified atom stereocenters. The van der Waals surface area contributed by atoms with Gasteiger partial charge >= 0.3 is 12.4 Å². The van der Waals surface area contributed by atoms with Crippen LogP contribution < -0.4 is 0 Å². The summed E-state index contributed by atoms with van der Waals surface area (Å²) in [7, 11) is 0. The van der Waals surface area contributed by atoms with Gasteiger partial charge in [-0.15, -0.1) is 0 Å². The molecule has 1 amide bonds. The van der Waals surface area contributed by atoms with Gasteiger partial charge in [0.1, 0.15) is 0 Å². The first-order chi connectivity index (χ1) is 10.6. The van der Waals surface area contributed by atoms with Crippen LogP contribution in [0.1, 0.15) is 47.2 Å². The average Bonchev–Trinajstić information content (AvgIpc) is 3.18. The first-order valence-electron chi connectivity index (χ1n) is 7.21. The van der Waals surface area contributed by atoms with Gasteiger partial charge in [-0.3, -0.25) is 4.79 Å². The summed E-state index contributed by atoms with van der Waals surface area (Å²) in [6, 6.07) is 0.954. The van der Waals surface area contributed by atoms with Crippen LogP contribution in [0.15, 0.2) is 18.2 Å². The van der Waals surface area contributed by atoms with E-state index in [1.165, 1.54) is 4.90 Å². The number of rotatable bonds is 1. The Bertz CT molecular complexity index is 592. The highest BCUT2D eigenvalue weighted by molar-refractivity contribution is 5.97. The Hall–Kier alpha value is -1.73. The molecule has 2 aliphatic rings. The molecule has 0 bridgehead atoms. The third-order valence-corrected chi connectivity index (χ3v) is 4.39. The van der Waals surface area contributed by atoms with E-state index in [4.69, 9.17) is 0 Å². The molecule has 0 spiro atoms. The summed E-state index contributed by atoms with van der Waals surface area (Å²) in [5.41, 5.74) is -3.47. The van der Waals surface area contributed by atoms with Crippen LogP contribution in [0.4, 0.5) is 26.3 Å². The lowest BCUT2D eigenvalue weighted by Gasteiger charge is -2.14. The molecule has 2 nitrogen and oxygen atoms in total. The fourth-order valence-corrected chi connectivity index (χ4v) is 3.23. The maximum absolute atomic E-state index is 12.8. The zero-order chi connectivity index (χ0) is 17.0. The van der Waals surface area contributed by atoms with E-state index in [1.54, 1.807) is 0 Å². The van der Waals surface area contributed by atoms with Gasteiger partial charge in [0.05, 0.1) is 23.2 Å². The van der Waals surface area contributed by atoms with Crippen LogP contribution in [-0.4, -0.2) is 22.9 Å². The molecule has 0 radical (unpaired) electrons. The van der Waals surface area contributed by atoms with Crippen molar-refractivity contribution in [1.82, 2.24) is 4.90 Å². The van der Waals surface area contributed by atoms with Crippen molar-refractivity contribution in [1.29, 1.82) is 0 Å². The molecule has 1 saturated carbocycles. The molecule has 1 saturated heterocycles. The number of halogens is 6. The molecule has 1 aliphatic carbocycles. The van der Waals surface area contributed by atoms with Crippen molar-refractivity contribution in [3.8, 4) is 0 Å². The van der Waals surface area contributed by atoms with Crippen LogP contribution in [0.3, 0.4) is 0 Å². The van der Waals surface area contributed by atoms with Crippen LogP contribution in [0, 0.1) is 0 Å². The average molecular weight is 337 g/mol. The Kier molecular flexibility index (Phi) is 3.61. The van der Waals surface area contributed by atoms with Crippen LogP contribution in [-0.2, 0) is 12.4 Å². The second-order valence-corrected chi connectivity index (χ2v) is 5.93. The Morgan fingerprint density at radius 3 is 1.70 bits per heavy atom. The largest absolute Gasteiger partial charge is 0.416 e. The first-order valence-corrected chi connectivity index (χ1v) is 7.21. The van der Waals surface area contributed by atoms with Crippen LogP contribution in [0.25, 0.3) is 0 Å². The van der Waals surface area contributed by atoms with E-state index in [9.17, 15) is 31.1 Å². The second-order valence-electron chi connectivity index (χ2n) is 5.93. The third-order valence-electron chi connectivity index (χ3n) is 4.39. The summed E-state index contributed by atoms with van der Waals surface area (Å²) < 4.78 is 76.9. The summed E-state index contributed by atoms with van der Waals surface area (Å²) in [5, 5.41) is 0. The van der Waals surface area contributed by atoms with Crippen molar-refractivity contribution in [2.45, 2.75) is 50.1 Å². The molecule has 126 valence electrons. The SMILES string of the molecule is O=C(c1cc(C(F)(F)F)cc(C(F)(F)F)c1)N1[C@@H]2CCCC[C@@H]21. The molecule has 3 rings (SSSR count). The number of nitrogens with zero attached hydrogens (tertiary/aromatic N) is 1. The molecule has 1 heterocycles. The number of hydrogen-bond donors (Lipinski definition) is 0. The highest BCUT2D eigenvalue weighted by Gasteiger charge is 2.51. The van der Waals surface area contributed by atoms with E-state index in [0.29, 0.717) is 12.1 Å². The molecule has 1 aromatic carbocycles. The number of alkyl halides is 6. The monoisotopic (exact) mass is 337 g/mol. The number of carbonyl (C=O) groups excluding carboxylic acids is 1. The van der Waals surface area contributed by atoms with E-state index in [1.807, 2.05) is 0 Å². The summed E-state index contributed by atoms with van der Waals surface area (Å²) in [5.74, 6) is -0.751. The molecule has 2 fully saturated rings. The van der Waals surface area contributed by atoms with E-state index >= 15 is 0 Å². The van der Waals surface area contributed by atoms with Crippen LogP contribution in [0.2, 0.25) is 0 Å². The minimum Gasteiger partial charge on any atom is -0.329 e. The molecule has 0 N–H and O–H groups in total. The smallest absolute Gasteiger partial charge is 0.329 e. The Morgan fingerprint density at radius 1 is 0.870 bits per heavy atom. The Labute approximate surface area is 128 Å². The fourth-order valence-electron chi connectivity index (χ4n) is 3.23. The van der Waals surface area contributed by atoms with Crippen molar-refractivity contribution < 1.29 is 31.1 Å². The molecule has 23 heavy (non-hydrogen) atoms. The number of carbonyl (C=O) groups is 1. The quantitative estimate of drug-likeness (QED) is 0.546. The maximum Gasteiger partial charge on any atom is 0.416 e. The van der Waals surface area contributed by atoms with Crippen molar-refractivity contribution in [2.24, 2.45) is 0 Å². The van der Waals surface area contributed by atoms with Crippen molar-refractivity contribution in [2.75, 3.05) is 0 Å². The highest BCUT2D eigenvalue weighted by Crippen LogP contribution is 2.43.